The van der Waals surface area contributed by atoms with Crippen LogP contribution in [0.1, 0.15) is 76.3 Å². The molecule has 35 heavy (non-hydrogen) atoms. The van der Waals surface area contributed by atoms with Gasteiger partial charge in [-0.15, -0.1) is 22.8 Å². The van der Waals surface area contributed by atoms with E-state index in [-0.39, 0.29) is 61.8 Å². The third kappa shape index (κ3) is 7.55. The number of benzene rings is 2. The second-order valence-electron chi connectivity index (χ2n) is 11.0. The van der Waals surface area contributed by atoms with Crippen molar-refractivity contribution < 1.29 is 51.0 Å². The molecule has 0 radical (unpaired) electrons. The van der Waals surface area contributed by atoms with E-state index in [4.69, 9.17) is 0 Å². The molecule has 4 heteroatoms. The predicted molar refractivity (Wildman–Crippen MR) is 140 cm³/mol. The number of halogens is 2. The monoisotopic (exact) mass is 598 g/mol. The van der Waals surface area contributed by atoms with Gasteiger partial charge in [0, 0.05) is 0 Å². The van der Waals surface area contributed by atoms with Crippen LogP contribution in [0.3, 0.4) is 0 Å². The van der Waals surface area contributed by atoms with Gasteiger partial charge in [0.25, 0.3) is 0 Å². The zero-order chi connectivity index (χ0) is 23.1. The van der Waals surface area contributed by atoms with Crippen LogP contribution in [-0.2, 0) is 43.5 Å². The quantitative estimate of drug-likeness (QED) is 0.295. The third-order valence-electron chi connectivity index (χ3n) is 6.23. The fourth-order valence-electron chi connectivity index (χ4n) is 4.21. The molecule has 5 rings (SSSR count). The van der Waals surface area contributed by atoms with E-state index in [0.717, 1.165) is 6.42 Å². The normalized spacial score (nSPS) is 15.4. The fourth-order valence-corrected chi connectivity index (χ4v) is 4.86. The maximum atomic E-state index is 3.67. The molecule has 0 aliphatic heterocycles. The van der Waals surface area contributed by atoms with Crippen LogP contribution in [0.5, 0.6) is 0 Å². The Labute approximate surface area is 248 Å². The number of fused-ring (bicyclic) bond motifs is 3. The Bertz CT molecular complexity index is 1110. The first kappa shape index (κ1) is 32.1. The van der Waals surface area contributed by atoms with Gasteiger partial charge in [0.05, 0.1) is 0 Å². The molecular formula is C31H34Cl2SZr. The van der Waals surface area contributed by atoms with E-state index >= 15 is 0 Å². The first-order valence-electron chi connectivity index (χ1n) is 11.6. The van der Waals surface area contributed by atoms with Crippen LogP contribution in [0.25, 0.3) is 16.7 Å². The van der Waals surface area contributed by atoms with Crippen molar-refractivity contribution in [3.8, 4) is 11.1 Å². The molecule has 0 saturated carbocycles. The summed E-state index contributed by atoms with van der Waals surface area (Å²) < 4.78 is 0. The molecule has 1 aromatic heterocycles. The summed E-state index contributed by atoms with van der Waals surface area (Å²) in [4.78, 5) is 0. The van der Waals surface area contributed by atoms with Crippen molar-refractivity contribution >= 4 is 16.9 Å². The van der Waals surface area contributed by atoms with Crippen molar-refractivity contribution in [2.45, 2.75) is 65.7 Å². The average molecular weight is 601 g/mol. The van der Waals surface area contributed by atoms with Crippen LogP contribution in [0.15, 0.2) is 59.3 Å². The van der Waals surface area contributed by atoms with Crippen LogP contribution < -0.4 is 24.8 Å². The summed E-state index contributed by atoms with van der Waals surface area (Å²) in [6.45, 7) is 15.7. The smallest absolute Gasteiger partial charge is 1.00 e. The molecule has 0 spiro atoms. The molecule has 2 aromatic carbocycles. The maximum absolute atomic E-state index is 3.67. The number of hydrogen-bond donors (Lipinski definition) is 0. The van der Waals surface area contributed by atoms with Gasteiger partial charge in [-0.2, -0.15) is 52.8 Å². The van der Waals surface area contributed by atoms with E-state index < -0.39 is 0 Å². The molecule has 1 heterocycles. The number of allylic oxidation sites excluding steroid dienone is 4. The van der Waals surface area contributed by atoms with Crippen LogP contribution in [0.2, 0.25) is 0 Å². The van der Waals surface area contributed by atoms with Gasteiger partial charge in [-0.3, -0.25) is 0 Å². The Hall–Kier alpha value is -0.917. The third-order valence-corrected chi connectivity index (χ3v) is 6.91. The van der Waals surface area contributed by atoms with Gasteiger partial charge in [0.1, 0.15) is 0 Å². The van der Waals surface area contributed by atoms with Crippen LogP contribution >= 0.6 is 11.3 Å². The Morgan fingerprint density at radius 1 is 0.886 bits per heavy atom. The first-order chi connectivity index (χ1) is 15.0. The van der Waals surface area contributed by atoms with E-state index in [9.17, 15) is 0 Å². The van der Waals surface area contributed by atoms with Crippen molar-refractivity contribution in [1.29, 1.82) is 0 Å². The molecule has 0 amide bonds. The van der Waals surface area contributed by atoms with Crippen molar-refractivity contribution in [2.75, 3.05) is 0 Å². The number of hydrogen-bond acceptors (Lipinski definition) is 1. The van der Waals surface area contributed by atoms with E-state index in [1.807, 2.05) is 0 Å². The molecule has 0 N–H and O–H groups in total. The van der Waals surface area contributed by atoms with E-state index in [1.54, 1.807) is 11.3 Å². The predicted octanol–water partition coefficient (Wildman–Crippen LogP) is 2.80. The van der Waals surface area contributed by atoms with Crippen molar-refractivity contribution in [3.63, 3.8) is 0 Å². The Morgan fingerprint density at radius 3 is 2.11 bits per heavy atom. The number of rotatable bonds is 1. The summed E-state index contributed by atoms with van der Waals surface area (Å²) in [6.07, 6.45) is 8.71. The van der Waals surface area contributed by atoms with E-state index in [0.29, 0.717) is 5.92 Å². The molecule has 0 fully saturated rings. The van der Waals surface area contributed by atoms with Gasteiger partial charge in [-0.05, 0) is 33.8 Å². The van der Waals surface area contributed by atoms with Gasteiger partial charge in [0.15, 0.2) is 0 Å². The minimum Gasteiger partial charge on any atom is -1.00 e. The summed E-state index contributed by atoms with van der Waals surface area (Å²) in [7, 11) is 0. The molecule has 0 bridgehead atoms. The minimum atomic E-state index is 0. The van der Waals surface area contributed by atoms with Crippen molar-refractivity contribution in [2.24, 2.45) is 5.92 Å². The van der Waals surface area contributed by atoms with Crippen LogP contribution in [0.4, 0.5) is 0 Å². The summed E-state index contributed by atoms with van der Waals surface area (Å²) in [5, 5.41) is 4.26. The Morgan fingerprint density at radius 2 is 1.57 bits per heavy atom. The average Bonchev–Trinajstić information content (AvgIpc) is 3.45. The van der Waals surface area contributed by atoms with E-state index in [1.165, 1.54) is 44.5 Å². The second-order valence-corrected chi connectivity index (χ2v) is 11.8. The van der Waals surface area contributed by atoms with Crippen LogP contribution in [0, 0.1) is 18.1 Å². The molecular weight excluding hydrogens is 567 g/mol. The van der Waals surface area contributed by atoms with Gasteiger partial charge >= 0.3 is 26.2 Å². The first-order valence-corrected chi connectivity index (χ1v) is 12.5. The Kier molecular flexibility index (Phi) is 11.5. The fraction of sp³-hybridized carbons (Fsp3) is 0.355. The maximum Gasteiger partial charge on any atom is 4.00 e. The summed E-state index contributed by atoms with van der Waals surface area (Å²) in [5.74, 6) is 0.491. The van der Waals surface area contributed by atoms with E-state index in [2.05, 4.69) is 120 Å². The molecule has 182 valence electrons. The van der Waals surface area contributed by atoms with Gasteiger partial charge in [-0.25, -0.2) is 0 Å². The van der Waals surface area contributed by atoms with Crippen LogP contribution in [-0.4, -0.2) is 0 Å². The second kappa shape index (κ2) is 12.6. The number of thiophene rings is 1. The molecule has 1 unspecified atom stereocenters. The SMILES string of the molecule is CC(C)(C)c1[c-]c2c(cc1)-c1ccc(C(C)(C)C)cc1C2.CC1[C-]=C(c2ccsc2)C=C1.[Cl-].[Cl-].[Zr+4]. The topological polar surface area (TPSA) is 0 Å². The molecule has 0 nitrogen and oxygen atoms in total. The summed E-state index contributed by atoms with van der Waals surface area (Å²) in [6, 6.07) is 17.3. The van der Waals surface area contributed by atoms with Crippen molar-refractivity contribution in [1.82, 2.24) is 0 Å². The molecule has 2 aliphatic carbocycles. The molecule has 3 aromatic rings. The largest absolute Gasteiger partial charge is 4.00 e. The Balaban J connectivity index is 0.000000375. The molecule has 0 saturated heterocycles. The van der Waals surface area contributed by atoms with Gasteiger partial charge in [0.2, 0.25) is 0 Å². The zero-order valence-corrected chi connectivity index (χ0v) is 26.5. The molecule has 1 atom stereocenters. The van der Waals surface area contributed by atoms with Gasteiger partial charge < -0.3 is 24.8 Å². The minimum absolute atomic E-state index is 0. The van der Waals surface area contributed by atoms with Crippen molar-refractivity contribution in [3.05, 3.63) is 99.3 Å². The standard InChI is InChI=1S/C21H25.C10H9S.2ClH.Zr/c1-20(2,3)16-7-9-18-14(12-16)11-15-13-17(21(4,5)6)8-10-19(15)18;1-8-2-3-9(6-8)10-4-5-11-7-10;;;/h7-10,12H,11H2,1-6H3;2-5,7-8H,1H3;2*1H;/q2*-1;;;+4/p-2. The zero-order valence-electron chi connectivity index (χ0n) is 21.7. The summed E-state index contributed by atoms with van der Waals surface area (Å²) >= 11 is 1.73. The van der Waals surface area contributed by atoms with Gasteiger partial charge in [-0.1, -0.05) is 89.6 Å². The summed E-state index contributed by atoms with van der Waals surface area (Å²) in [5.41, 5.74) is 11.3. The molecule has 2 aliphatic rings.